The van der Waals surface area contributed by atoms with Crippen LogP contribution < -0.4 is 0 Å². The first-order chi connectivity index (χ1) is 9.56. The molecule has 0 aliphatic heterocycles. The van der Waals surface area contributed by atoms with Gasteiger partial charge in [0.2, 0.25) is 11.7 Å². The standard InChI is InChI=1S/C13H12BrClN2O3/c14-9-7-8(5-6-10(9)15)13-16-11(20-17-13)3-1-2-4-12(18)19/h5-7H,1-4H2,(H,18,19). The molecule has 1 aromatic heterocycles. The van der Waals surface area contributed by atoms with Crippen LogP contribution in [0.3, 0.4) is 0 Å². The summed E-state index contributed by atoms with van der Waals surface area (Å²) in [6, 6.07) is 5.39. The minimum absolute atomic E-state index is 0.158. The van der Waals surface area contributed by atoms with Gasteiger partial charge in [0.1, 0.15) is 0 Å². The lowest BCUT2D eigenvalue weighted by molar-refractivity contribution is -0.137. The number of hydrogen-bond donors (Lipinski definition) is 1. The molecule has 1 N–H and O–H groups in total. The van der Waals surface area contributed by atoms with E-state index in [1.165, 1.54) is 0 Å². The molecule has 0 aliphatic rings. The Morgan fingerprint density at radius 2 is 2.20 bits per heavy atom. The second-order valence-corrected chi connectivity index (χ2v) is 5.50. The summed E-state index contributed by atoms with van der Waals surface area (Å²) in [4.78, 5) is 14.7. The minimum Gasteiger partial charge on any atom is -0.481 e. The molecular weight excluding hydrogens is 348 g/mol. The summed E-state index contributed by atoms with van der Waals surface area (Å²) < 4.78 is 5.91. The molecule has 5 nitrogen and oxygen atoms in total. The second kappa shape index (κ2) is 6.85. The van der Waals surface area contributed by atoms with E-state index in [-0.39, 0.29) is 6.42 Å². The fourth-order valence-corrected chi connectivity index (χ4v) is 2.16. The highest BCUT2D eigenvalue weighted by molar-refractivity contribution is 9.10. The highest BCUT2D eigenvalue weighted by atomic mass is 79.9. The summed E-state index contributed by atoms with van der Waals surface area (Å²) in [5.41, 5.74) is 0.807. The van der Waals surface area contributed by atoms with Crippen molar-refractivity contribution in [1.82, 2.24) is 10.1 Å². The normalized spacial score (nSPS) is 10.7. The number of carboxylic acids is 1. The van der Waals surface area contributed by atoms with Crippen LogP contribution in [0.2, 0.25) is 5.02 Å². The largest absolute Gasteiger partial charge is 0.481 e. The maximum Gasteiger partial charge on any atom is 0.303 e. The topological polar surface area (TPSA) is 76.2 Å². The number of aromatic nitrogens is 2. The molecule has 7 heteroatoms. The van der Waals surface area contributed by atoms with Gasteiger partial charge in [0, 0.05) is 22.9 Å². The molecule has 0 atom stereocenters. The van der Waals surface area contributed by atoms with Crippen LogP contribution in [0.4, 0.5) is 0 Å². The molecule has 2 aromatic rings. The number of carbonyl (C=O) groups is 1. The Morgan fingerprint density at radius 1 is 1.40 bits per heavy atom. The predicted molar refractivity (Wildman–Crippen MR) is 77.6 cm³/mol. The van der Waals surface area contributed by atoms with Crippen LogP contribution >= 0.6 is 27.5 Å². The van der Waals surface area contributed by atoms with E-state index in [2.05, 4.69) is 26.1 Å². The van der Waals surface area contributed by atoms with E-state index in [0.29, 0.717) is 36.0 Å². The Hall–Kier alpha value is -1.40. The molecule has 2 rings (SSSR count). The van der Waals surface area contributed by atoms with Crippen LogP contribution in [-0.4, -0.2) is 21.2 Å². The fraction of sp³-hybridized carbons (Fsp3) is 0.308. The van der Waals surface area contributed by atoms with Crippen LogP contribution in [0.5, 0.6) is 0 Å². The summed E-state index contributed by atoms with van der Waals surface area (Å²) in [6.07, 6.45) is 2.04. The minimum atomic E-state index is -0.790. The maximum absolute atomic E-state index is 10.4. The van der Waals surface area contributed by atoms with Gasteiger partial charge in [-0.05, 0) is 47.0 Å². The Morgan fingerprint density at radius 3 is 2.90 bits per heavy atom. The number of unbranched alkanes of at least 4 members (excludes halogenated alkanes) is 1. The fourth-order valence-electron chi connectivity index (χ4n) is 1.66. The van der Waals surface area contributed by atoms with E-state index in [4.69, 9.17) is 21.2 Å². The van der Waals surface area contributed by atoms with E-state index in [0.717, 1.165) is 10.0 Å². The van der Waals surface area contributed by atoms with E-state index < -0.39 is 5.97 Å². The summed E-state index contributed by atoms with van der Waals surface area (Å²) >= 11 is 9.27. The smallest absolute Gasteiger partial charge is 0.303 e. The Bertz CT molecular complexity index is 615. The number of carboxylic acid groups (broad SMARTS) is 1. The molecule has 0 saturated heterocycles. The lowest BCUT2D eigenvalue weighted by Crippen LogP contribution is -1.95. The van der Waals surface area contributed by atoms with Gasteiger partial charge in [-0.3, -0.25) is 4.79 Å². The van der Waals surface area contributed by atoms with Crippen molar-refractivity contribution in [1.29, 1.82) is 0 Å². The molecule has 1 aromatic carbocycles. The van der Waals surface area contributed by atoms with Crippen LogP contribution in [0.15, 0.2) is 27.2 Å². The predicted octanol–water partition coefficient (Wildman–Crippen LogP) is 3.95. The van der Waals surface area contributed by atoms with Crippen molar-refractivity contribution in [2.24, 2.45) is 0 Å². The monoisotopic (exact) mass is 358 g/mol. The van der Waals surface area contributed by atoms with E-state index in [1.54, 1.807) is 6.07 Å². The number of aliphatic carboxylic acids is 1. The summed E-state index contributed by atoms with van der Waals surface area (Å²) in [5.74, 6) is 0.217. The van der Waals surface area contributed by atoms with Gasteiger partial charge in [-0.1, -0.05) is 16.8 Å². The SMILES string of the molecule is O=C(O)CCCCc1nc(-c2ccc(Cl)c(Br)c2)no1. The highest BCUT2D eigenvalue weighted by Crippen LogP contribution is 2.27. The molecule has 0 aliphatic carbocycles. The zero-order valence-corrected chi connectivity index (χ0v) is 12.8. The molecule has 0 bridgehead atoms. The molecular formula is C13H12BrClN2O3. The van der Waals surface area contributed by atoms with Gasteiger partial charge >= 0.3 is 5.97 Å². The summed E-state index contributed by atoms with van der Waals surface area (Å²) in [6.45, 7) is 0. The number of aryl methyl sites for hydroxylation is 1. The molecule has 1 heterocycles. The molecule has 106 valence electrons. The van der Waals surface area contributed by atoms with Crippen LogP contribution in [-0.2, 0) is 11.2 Å². The zero-order valence-electron chi connectivity index (χ0n) is 10.5. The summed E-state index contributed by atoms with van der Waals surface area (Å²) in [5, 5.41) is 13.1. The van der Waals surface area contributed by atoms with Gasteiger partial charge in [0.05, 0.1) is 5.02 Å². The first-order valence-electron chi connectivity index (χ1n) is 6.06. The van der Waals surface area contributed by atoms with Crippen LogP contribution in [0, 0.1) is 0 Å². The Labute approximate surface area is 129 Å². The summed E-state index contributed by atoms with van der Waals surface area (Å²) in [7, 11) is 0. The highest BCUT2D eigenvalue weighted by Gasteiger charge is 2.10. The van der Waals surface area contributed by atoms with E-state index in [9.17, 15) is 4.79 Å². The van der Waals surface area contributed by atoms with E-state index in [1.807, 2.05) is 12.1 Å². The molecule has 0 saturated carbocycles. The average molecular weight is 360 g/mol. The number of benzene rings is 1. The number of halogens is 2. The lowest BCUT2D eigenvalue weighted by atomic mass is 10.2. The molecule has 0 fully saturated rings. The van der Waals surface area contributed by atoms with Gasteiger partial charge in [-0.15, -0.1) is 0 Å². The number of rotatable bonds is 6. The molecule has 20 heavy (non-hydrogen) atoms. The van der Waals surface area contributed by atoms with E-state index >= 15 is 0 Å². The van der Waals surface area contributed by atoms with Crippen LogP contribution in [0.1, 0.15) is 25.2 Å². The van der Waals surface area contributed by atoms with Gasteiger partial charge in [-0.2, -0.15) is 4.98 Å². The van der Waals surface area contributed by atoms with Crippen molar-refractivity contribution in [3.63, 3.8) is 0 Å². The van der Waals surface area contributed by atoms with Crippen molar-refractivity contribution in [3.05, 3.63) is 33.6 Å². The first-order valence-corrected chi connectivity index (χ1v) is 7.23. The molecule has 0 spiro atoms. The van der Waals surface area contributed by atoms with Gasteiger partial charge in [0.25, 0.3) is 0 Å². The zero-order chi connectivity index (χ0) is 14.5. The maximum atomic E-state index is 10.4. The van der Waals surface area contributed by atoms with Gasteiger partial charge in [-0.25, -0.2) is 0 Å². The molecule has 0 unspecified atom stereocenters. The Kier molecular flexibility index (Phi) is 5.14. The third kappa shape index (κ3) is 4.05. The average Bonchev–Trinajstić information content (AvgIpc) is 2.86. The van der Waals surface area contributed by atoms with Crippen molar-refractivity contribution in [2.75, 3.05) is 0 Å². The van der Waals surface area contributed by atoms with Gasteiger partial charge in [0.15, 0.2) is 0 Å². The van der Waals surface area contributed by atoms with Crippen molar-refractivity contribution in [2.45, 2.75) is 25.7 Å². The first kappa shape index (κ1) is 15.0. The molecule has 0 amide bonds. The number of nitrogens with zero attached hydrogens (tertiary/aromatic N) is 2. The second-order valence-electron chi connectivity index (χ2n) is 4.24. The third-order valence-corrected chi connectivity index (χ3v) is 3.89. The third-order valence-electron chi connectivity index (χ3n) is 2.68. The van der Waals surface area contributed by atoms with Crippen LogP contribution in [0.25, 0.3) is 11.4 Å². The lowest BCUT2D eigenvalue weighted by Gasteiger charge is -1.97. The quantitative estimate of drug-likeness (QED) is 0.790. The Balaban J connectivity index is 1.97. The molecule has 0 radical (unpaired) electrons. The van der Waals surface area contributed by atoms with Crippen molar-refractivity contribution in [3.8, 4) is 11.4 Å². The van der Waals surface area contributed by atoms with Gasteiger partial charge < -0.3 is 9.63 Å². The van der Waals surface area contributed by atoms with Crippen molar-refractivity contribution < 1.29 is 14.4 Å². The van der Waals surface area contributed by atoms with Crippen molar-refractivity contribution >= 4 is 33.5 Å². The number of hydrogen-bond acceptors (Lipinski definition) is 4.